The molecule has 0 N–H and O–H groups in total. The average molecular weight is 167 g/mol. The predicted octanol–water partition coefficient (Wildman–Crippen LogP) is 2.80. The van der Waals surface area contributed by atoms with Crippen molar-refractivity contribution in [2.45, 2.75) is 19.8 Å². The summed E-state index contributed by atoms with van der Waals surface area (Å²) in [6, 6.07) is 6.95. The second kappa shape index (κ2) is 4.75. The van der Waals surface area contributed by atoms with Crippen LogP contribution in [0.15, 0.2) is 18.2 Å². The van der Waals surface area contributed by atoms with E-state index in [-0.39, 0.29) is 5.82 Å². The first kappa shape index (κ1) is 9.04. The first-order chi connectivity index (χ1) is 5.83. The van der Waals surface area contributed by atoms with E-state index in [0.717, 1.165) is 12.8 Å². The summed E-state index contributed by atoms with van der Waals surface area (Å²) in [5.74, 6) is 0.257. The van der Waals surface area contributed by atoms with E-state index in [1.165, 1.54) is 12.1 Å². The van der Waals surface area contributed by atoms with Crippen molar-refractivity contribution in [3.63, 3.8) is 0 Å². The molecule has 0 spiro atoms. The summed E-state index contributed by atoms with van der Waals surface area (Å²) in [5, 5.41) is 0. The van der Waals surface area contributed by atoms with Gasteiger partial charge in [0.05, 0.1) is 6.61 Å². The molecule has 0 aliphatic rings. The average Bonchev–Trinajstić information content (AvgIpc) is 2.05. The maximum Gasteiger partial charge on any atom is 0.127 e. The Bertz CT molecular complexity index is 235. The fraction of sp³-hybridized carbons (Fsp3) is 0.400. The Balaban J connectivity index is 2.41. The molecule has 1 nitrogen and oxygen atoms in total. The number of hydrogen-bond acceptors (Lipinski definition) is 1. The van der Waals surface area contributed by atoms with Crippen LogP contribution < -0.4 is 4.74 Å². The Hall–Kier alpha value is -1.05. The number of rotatable bonds is 4. The van der Waals surface area contributed by atoms with E-state index < -0.39 is 0 Å². The summed E-state index contributed by atoms with van der Waals surface area (Å²) in [7, 11) is 0. The topological polar surface area (TPSA) is 9.23 Å². The summed E-state index contributed by atoms with van der Waals surface area (Å²) < 4.78 is 17.8. The third-order valence-corrected chi connectivity index (χ3v) is 1.49. The van der Waals surface area contributed by atoms with Gasteiger partial charge in [-0.15, -0.1) is 0 Å². The SMILES string of the molecule is CCCCOc1c[c]cc(F)c1. The highest BCUT2D eigenvalue weighted by molar-refractivity contribution is 5.21. The lowest BCUT2D eigenvalue weighted by molar-refractivity contribution is 0.308. The van der Waals surface area contributed by atoms with Crippen molar-refractivity contribution in [2.24, 2.45) is 0 Å². The van der Waals surface area contributed by atoms with E-state index in [1.807, 2.05) is 0 Å². The highest BCUT2D eigenvalue weighted by Gasteiger charge is 1.94. The van der Waals surface area contributed by atoms with Gasteiger partial charge in [-0.3, -0.25) is 0 Å². The standard InChI is InChI=1S/C10H12FO/c1-2-3-7-12-10-6-4-5-9(11)8-10/h5-6,8H,2-3,7H2,1H3. The molecule has 0 bridgehead atoms. The van der Waals surface area contributed by atoms with Crippen molar-refractivity contribution in [3.8, 4) is 5.75 Å². The zero-order valence-corrected chi connectivity index (χ0v) is 7.14. The summed E-state index contributed by atoms with van der Waals surface area (Å²) in [5.41, 5.74) is 0. The van der Waals surface area contributed by atoms with E-state index in [2.05, 4.69) is 13.0 Å². The van der Waals surface area contributed by atoms with Crippen molar-refractivity contribution in [2.75, 3.05) is 6.61 Å². The molecule has 0 saturated heterocycles. The van der Waals surface area contributed by atoms with E-state index in [4.69, 9.17) is 4.74 Å². The Labute approximate surface area is 72.2 Å². The maximum absolute atomic E-state index is 12.6. The molecule has 1 aromatic rings. The van der Waals surface area contributed by atoms with Gasteiger partial charge < -0.3 is 4.74 Å². The molecule has 1 rings (SSSR count). The van der Waals surface area contributed by atoms with Crippen LogP contribution in [-0.4, -0.2) is 6.61 Å². The van der Waals surface area contributed by atoms with Gasteiger partial charge in [-0.25, -0.2) is 4.39 Å². The van der Waals surface area contributed by atoms with Gasteiger partial charge in [0, 0.05) is 6.07 Å². The fourth-order valence-electron chi connectivity index (χ4n) is 0.840. The van der Waals surface area contributed by atoms with Gasteiger partial charge in [0.15, 0.2) is 0 Å². The normalized spacial score (nSPS) is 9.83. The van der Waals surface area contributed by atoms with Crippen LogP contribution in [0.1, 0.15) is 19.8 Å². The van der Waals surface area contributed by atoms with E-state index in [1.54, 1.807) is 6.07 Å². The maximum atomic E-state index is 12.6. The lowest BCUT2D eigenvalue weighted by Gasteiger charge is -2.03. The van der Waals surface area contributed by atoms with Gasteiger partial charge in [0.2, 0.25) is 0 Å². The van der Waals surface area contributed by atoms with Gasteiger partial charge in [0.25, 0.3) is 0 Å². The number of unbranched alkanes of at least 4 members (excludes halogenated alkanes) is 1. The van der Waals surface area contributed by atoms with Crippen molar-refractivity contribution < 1.29 is 9.13 Å². The molecule has 0 aliphatic carbocycles. The van der Waals surface area contributed by atoms with Crippen LogP contribution in [0.2, 0.25) is 0 Å². The van der Waals surface area contributed by atoms with Gasteiger partial charge >= 0.3 is 0 Å². The molecule has 0 heterocycles. The van der Waals surface area contributed by atoms with E-state index >= 15 is 0 Å². The monoisotopic (exact) mass is 167 g/mol. The summed E-state index contributed by atoms with van der Waals surface area (Å²) >= 11 is 0. The molecule has 0 atom stereocenters. The lowest BCUT2D eigenvalue weighted by Crippen LogP contribution is -1.96. The first-order valence-corrected chi connectivity index (χ1v) is 4.12. The van der Waals surface area contributed by atoms with Crippen molar-refractivity contribution in [3.05, 3.63) is 30.1 Å². The zero-order valence-electron chi connectivity index (χ0n) is 7.14. The summed E-state index contributed by atoms with van der Waals surface area (Å²) in [6.45, 7) is 2.73. The molecule has 2 heteroatoms. The van der Waals surface area contributed by atoms with Crippen LogP contribution >= 0.6 is 0 Å². The second-order valence-corrected chi connectivity index (χ2v) is 2.59. The van der Waals surface area contributed by atoms with E-state index in [9.17, 15) is 4.39 Å². The highest BCUT2D eigenvalue weighted by Crippen LogP contribution is 2.11. The Morgan fingerprint density at radius 3 is 3.00 bits per heavy atom. The molecular formula is C10H12FO. The molecule has 12 heavy (non-hydrogen) atoms. The largest absolute Gasteiger partial charge is 0.493 e. The molecule has 65 valence electrons. The van der Waals surface area contributed by atoms with Gasteiger partial charge in [-0.05, 0) is 24.6 Å². The number of benzene rings is 1. The smallest absolute Gasteiger partial charge is 0.127 e. The minimum atomic E-state index is -0.302. The van der Waals surface area contributed by atoms with Gasteiger partial charge in [0.1, 0.15) is 11.6 Å². The van der Waals surface area contributed by atoms with Crippen LogP contribution in [-0.2, 0) is 0 Å². The van der Waals surface area contributed by atoms with Crippen molar-refractivity contribution in [1.29, 1.82) is 0 Å². The number of hydrogen-bond donors (Lipinski definition) is 0. The lowest BCUT2D eigenvalue weighted by atomic mass is 10.3. The fourth-order valence-corrected chi connectivity index (χ4v) is 0.840. The van der Waals surface area contributed by atoms with Crippen molar-refractivity contribution in [1.82, 2.24) is 0 Å². The van der Waals surface area contributed by atoms with Crippen LogP contribution in [0.25, 0.3) is 0 Å². The number of ether oxygens (including phenoxy) is 1. The minimum absolute atomic E-state index is 0.302. The van der Waals surface area contributed by atoms with Gasteiger partial charge in [-0.1, -0.05) is 13.3 Å². The highest BCUT2D eigenvalue weighted by atomic mass is 19.1. The number of halogens is 1. The molecule has 0 amide bonds. The summed E-state index contributed by atoms with van der Waals surface area (Å²) in [6.07, 6.45) is 2.08. The third-order valence-electron chi connectivity index (χ3n) is 1.49. The zero-order chi connectivity index (χ0) is 8.81. The first-order valence-electron chi connectivity index (χ1n) is 4.12. The molecule has 0 aromatic heterocycles. The second-order valence-electron chi connectivity index (χ2n) is 2.59. The molecule has 1 aromatic carbocycles. The van der Waals surface area contributed by atoms with Crippen LogP contribution in [0.3, 0.4) is 0 Å². The Kier molecular flexibility index (Phi) is 3.58. The van der Waals surface area contributed by atoms with Crippen LogP contribution in [0, 0.1) is 11.9 Å². The van der Waals surface area contributed by atoms with Crippen molar-refractivity contribution >= 4 is 0 Å². The molecule has 1 radical (unpaired) electrons. The molecular weight excluding hydrogens is 155 g/mol. The Morgan fingerprint density at radius 2 is 2.33 bits per heavy atom. The summed E-state index contributed by atoms with van der Waals surface area (Å²) in [4.78, 5) is 0. The van der Waals surface area contributed by atoms with Crippen LogP contribution in [0.5, 0.6) is 5.75 Å². The molecule has 0 fully saturated rings. The molecule has 0 unspecified atom stereocenters. The quantitative estimate of drug-likeness (QED) is 0.626. The predicted molar refractivity (Wildman–Crippen MR) is 45.6 cm³/mol. The molecule has 0 aliphatic heterocycles. The van der Waals surface area contributed by atoms with Gasteiger partial charge in [-0.2, -0.15) is 0 Å². The minimum Gasteiger partial charge on any atom is -0.493 e. The molecule has 0 saturated carbocycles. The Morgan fingerprint density at radius 1 is 1.50 bits per heavy atom. The third kappa shape index (κ3) is 2.91. The van der Waals surface area contributed by atoms with Crippen LogP contribution in [0.4, 0.5) is 4.39 Å². The van der Waals surface area contributed by atoms with E-state index in [0.29, 0.717) is 12.4 Å².